The summed E-state index contributed by atoms with van der Waals surface area (Å²) in [5.74, 6) is -0.239. The molecule has 2 rings (SSSR count). The molecule has 1 aliphatic rings. The minimum Gasteiger partial charge on any atom is -0.501 e. The van der Waals surface area contributed by atoms with Crippen LogP contribution in [0.5, 0.6) is 0 Å². The molecule has 4 heteroatoms. The minimum absolute atomic E-state index is 0.158. The Morgan fingerprint density at radius 1 is 1.50 bits per heavy atom. The summed E-state index contributed by atoms with van der Waals surface area (Å²) >= 11 is 5.95. The smallest absolute Gasteiger partial charge is 0.128 e. The molecule has 1 heterocycles. The summed E-state index contributed by atoms with van der Waals surface area (Å²) in [7, 11) is 0. The highest BCUT2D eigenvalue weighted by Gasteiger charge is 2.21. The average Bonchev–Trinajstić information content (AvgIpc) is 2.40. The molecule has 0 aliphatic carbocycles. The summed E-state index contributed by atoms with van der Waals surface area (Å²) in [5, 5.41) is 3.84. The number of benzene rings is 1. The van der Waals surface area contributed by atoms with E-state index >= 15 is 0 Å². The maximum Gasteiger partial charge on any atom is 0.128 e. The maximum absolute atomic E-state index is 13.9. The van der Waals surface area contributed by atoms with Gasteiger partial charge in [0.15, 0.2) is 0 Å². The Hall–Kier alpha value is -1.06. The van der Waals surface area contributed by atoms with E-state index < -0.39 is 0 Å². The van der Waals surface area contributed by atoms with Gasteiger partial charge in [-0.1, -0.05) is 18.5 Å². The molecule has 0 saturated heterocycles. The van der Waals surface area contributed by atoms with E-state index in [0.717, 1.165) is 31.6 Å². The van der Waals surface area contributed by atoms with Gasteiger partial charge in [0.2, 0.25) is 0 Å². The van der Waals surface area contributed by atoms with Crippen molar-refractivity contribution in [1.82, 2.24) is 5.32 Å². The fourth-order valence-corrected chi connectivity index (χ4v) is 2.36. The molecule has 0 saturated carbocycles. The monoisotopic (exact) mass is 269 g/mol. The first-order valence-corrected chi connectivity index (χ1v) is 6.59. The SMILES string of the molecule is CCNC(C1=COCCC1)c1cc(Cl)ccc1F. The van der Waals surface area contributed by atoms with Crippen LogP contribution >= 0.6 is 11.6 Å². The lowest BCUT2D eigenvalue weighted by Crippen LogP contribution is -2.25. The molecular formula is C14H17ClFNO. The molecule has 0 fully saturated rings. The zero-order chi connectivity index (χ0) is 13.0. The van der Waals surface area contributed by atoms with Crippen molar-refractivity contribution >= 4 is 11.6 Å². The number of hydrogen-bond acceptors (Lipinski definition) is 2. The van der Waals surface area contributed by atoms with Gasteiger partial charge >= 0.3 is 0 Å². The minimum atomic E-state index is -0.239. The van der Waals surface area contributed by atoms with E-state index in [1.807, 2.05) is 6.92 Å². The maximum atomic E-state index is 13.9. The second kappa shape index (κ2) is 6.21. The molecule has 0 bridgehead atoms. The standard InChI is InChI=1S/C14H17ClFNO/c1-2-17-14(10-4-3-7-18-9-10)12-8-11(15)5-6-13(12)16/h5-6,8-9,14,17H,2-4,7H2,1H3. The van der Waals surface area contributed by atoms with E-state index in [1.165, 1.54) is 6.07 Å². The van der Waals surface area contributed by atoms with Crippen LogP contribution in [-0.2, 0) is 4.74 Å². The fourth-order valence-electron chi connectivity index (χ4n) is 2.18. The molecule has 0 aromatic heterocycles. The average molecular weight is 270 g/mol. The first-order chi connectivity index (χ1) is 8.72. The van der Waals surface area contributed by atoms with Crippen LogP contribution in [0.1, 0.15) is 31.4 Å². The number of hydrogen-bond donors (Lipinski definition) is 1. The van der Waals surface area contributed by atoms with Crippen molar-refractivity contribution < 1.29 is 9.13 Å². The Morgan fingerprint density at radius 2 is 2.33 bits per heavy atom. The number of nitrogens with one attached hydrogen (secondary N) is 1. The third-order valence-corrected chi connectivity index (χ3v) is 3.25. The molecule has 0 amide bonds. The second-order valence-electron chi connectivity index (χ2n) is 4.32. The lowest BCUT2D eigenvalue weighted by atomic mass is 9.95. The van der Waals surface area contributed by atoms with Gasteiger partial charge in [-0.2, -0.15) is 0 Å². The Kier molecular flexibility index (Phi) is 4.61. The van der Waals surface area contributed by atoms with Crippen molar-refractivity contribution in [2.24, 2.45) is 0 Å². The molecule has 98 valence electrons. The molecule has 2 nitrogen and oxygen atoms in total. The van der Waals surface area contributed by atoms with Gasteiger partial charge in [0.25, 0.3) is 0 Å². The molecule has 18 heavy (non-hydrogen) atoms. The summed E-state index contributed by atoms with van der Waals surface area (Å²) < 4.78 is 19.3. The normalized spacial score (nSPS) is 16.9. The van der Waals surface area contributed by atoms with Crippen LogP contribution in [-0.4, -0.2) is 13.2 Å². The number of rotatable bonds is 4. The first-order valence-electron chi connectivity index (χ1n) is 6.21. The van der Waals surface area contributed by atoms with Crippen LogP contribution in [0.3, 0.4) is 0 Å². The van der Waals surface area contributed by atoms with Crippen molar-refractivity contribution in [1.29, 1.82) is 0 Å². The topological polar surface area (TPSA) is 21.3 Å². The van der Waals surface area contributed by atoms with Gasteiger partial charge < -0.3 is 10.1 Å². The lowest BCUT2D eigenvalue weighted by Gasteiger charge is -2.24. The Bertz CT molecular complexity index is 447. The van der Waals surface area contributed by atoms with Crippen molar-refractivity contribution in [2.75, 3.05) is 13.2 Å². The largest absolute Gasteiger partial charge is 0.501 e. The zero-order valence-corrected chi connectivity index (χ0v) is 11.1. The van der Waals surface area contributed by atoms with E-state index in [0.29, 0.717) is 10.6 Å². The van der Waals surface area contributed by atoms with Crippen molar-refractivity contribution in [2.45, 2.75) is 25.8 Å². The molecule has 0 radical (unpaired) electrons. The molecule has 1 N–H and O–H groups in total. The molecule has 1 aliphatic heterocycles. The third-order valence-electron chi connectivity index (χ3n) is 3.01. The van der Waals surface area contributed by atoms with Gasteiger partial charge in [0.05, 0.1) is 18.9 Å². The van der Waals surface area contributed by atoms with Crippen molar-refractivity contribution in [3.8, 4) is 0 Å². The fraction of sp³-hybridized carbons (Fsp3) is 0.429. The summed E-state index contributed by atoms with van der Waals surface area (Å²) in [6.07, 6.45) is 3.64. The van der Waals surface area contributed by atoms with Gasteiger partial charge in [-0.15, -0.1) is 0 Å². The van der Waals surface area contributed by atoms with Crippen LogP contribution in [0, 0.1) is 5.82 Å². The van der Waals surface area contributed by atoms with Crippen LogP contribution in [0.2, 0.25) is 5.02 Å². The molecule has 1 atom stereocenters. The highest BCUT2D eigenvalue weighted by atomic mass is 35.5. The molecule has 1 unspecified atom stereocenters. The predicted octanol–water partition coefficient (Wildman–Crippen LogP) is 3.82. The van der Waals surface area contributed by atoms with E-state index in [1.54, 1.807) is 18.4 Å². The van der Waals surface area contributed by atoms with Gasteiger partial charge in [0, 0.05) is 10.6 Å². The first kappa shape index (κ1) is 13.4. The summed E-state index contributed by atoms with van der Waals surface area (Å²) in [6, 6.07) is 4.50. The van der Waals surface area contributed by atoms with Gasteiger partial charge in [-0.3, -0.25) is 0 Å². The highest BCUT2D eigenvalue weighted by Crippen LogP contribution is 2.30. The van der Waals surface area contributed by atoms with E-state index in [9.17, 15) is 4.39 Å². The third kappa shape index (κ3) is 3.03. The van der Waals surface area contributed by atoms with Crippen molar-refractivity contribution in [3.63, 3.8) is 0 Å². The lowest BCUT2D eigenvalue weighted by molar-refractivity contribution is 0.219. The highest BCUT2D eigenvalue weighted by molar-refractivity contribution is 6.30. The van der Waals surface area contributed by atoms with Crippen LogP contribution in [0.4, 0.5) is 4.39 Å². The Morgan fingerprint density at radius 3 is 3.00 bits per heavy atom. The molecular weight excluding hydrogens is 253 g/mol. The quantitative estimate of drug-likeness (QED) is 0.897. The molecule has 1 aromatic rings. The summed E-state index contributed by atoms with van der Waals surface area (Å²) in [6.45, 7) is 3.49. The summed E-state index contributed by atoms with van der Waals surface area (Å²) in [4.78, 5) is 0. The zero-order valence-electron chi connectivity index (χ0n) is 10.4. The van der Waals surface area contributed by atoms with E-state index in [2.05, 4.69) is 5.32 Å². The molecule has 0 spiro atoms. The van der Waals surface area contributed by atoms with Gasteiger partial charge in [-0.05, 0) is 43.2 Å². The summed E-state index contributed by atoms with van der Waals surface area (Å²) in [5.41, 5.74) is 1.66. The van der Waals surface area contributed by atoms with Gasteiger partial charge in [0.1, 0.15) is 5.82 Å². The molecule has 1 aromatic carbocycles. The Labute approximate surface area is 112 Å². The Balaban J connectivity index is 2.34. The van der Waals surface area contributed by atoms with Crippen LogP contribution < -0.4 is 5.32 Å². The van der Waals surface area contributed by atoms with Gasteiger partial charge in [-0.25, -0.2) is 4.39 Å². The van der Waals surface area contributed by atoms with E-state index in [-0.39, 0.29) is 11.9 Å². The van der Waals surface area contributed by atoms with E-state index in [4.69, 9.17) is 16.3 Å². The second-order valence-corrected chi connectivity index (χ2v) is 4.76. The number of ether oxygens (including phenoxy) is 1. The van der Waals surface area contributed by atoms with Crippen LogP contribution in [0.15, 0.2) is 30.0 Å². The van der Waals surface area contributed by atoms with Crippen molar-refractivity contribution in [3.05, 3.63) is 46.4 Å². The predicted molar refractivity (Wildman–Crippen MR) is 71.1 cm³/mol. The number of halogens is 2. The van der Waals surface area contributed by atoms with Crippen LogP contribution in [0.25, 0.3) is 0 Å². The number of likely N-dealkylation sites (N-methyl/N-ethyl adjacent to an activating group) is 1.